The van der Waals surface area contributed by atoms with E-state index in [0.29, 0.717) is 64.2 Å². The molecule has 0 spiro atoms. The Bertz CT molecular complexity index is 1050. The van der Waals surface area contributed by atoms with Crippen LogP contribution in [0.2, 0.25) is 0 Å². The van der Waals surface area contributed by atoms with Crippen LogP contribution in [0.15, 0.2) is 13.2 Å². The standard InChI is InChI=1S/5C10H20N2O2.C2H4/c5*11-9(13)7-5-3-1-2-4-6-8-10(12)14;1-2/h5*1-8H2,(H2,11,13)(H2,12,14);1-2H2. The van der Waals surface area contributed by atoms with Gasteiger partial charge in [0.25, 0.3) is 0 Å². The second kappa shape index (κ2) is 65.4. The third-order valence-corrected chi connectivity index (χ3v) is 10.5. The van der Waals surface area contributed by atoms with Gasteiger partial charge in [-0.05, 0) is 64.2 Å². The fraction of sp³-hybridized carbons (Fsp3) is 0.769. The van der Waals surface area contributed by atoms with Crippen LogP contribution in [0.3, 0.4) is 0 Å². The van der Waals surface area contributed by atoms with Crippen molar-refractivity contribution in [3.05, 3.63) is 13.2 Å². The predicted octanol–water partition coefficient (Wildman–Crippen LogP) is 6.19. The van der Waals surface area contributed by atoms with Crippen molar-refractivity contribution in [2.45, 2.75) is 257 Å². The first-order valence-corrected chi connectivity index (χ1v) is 26.5. The number of hydrogen-bond donors (Lipinski definition) is 10. The Labute approximate surface area is 433 Å². The van der Waals surface area contributed by atoms with E-state index >= 15 is 0 Å². The van der Waals surface area contributed by atoms with E-state index in [0.717, 1.165) is 193 Å². The summed E-state index contributed by atoms with van der Waals surface area (Å²) in [4.78, 5) is 104. The Kier molecular flexibility index (Phi) is 70.8. The molecule has 0 atom stereocenters. The van der Waals surface area contributed by atoms with Crippen molar-refractivity contribution in [3.63, 3.8) is 0 Å². The third-order valence-electron chi connectivity index (χ3n) is 10.5. The molecule has 0 saturated heterocycles. The van der Waals surface area contributed by atoms with Crippen LogP contribution < -0.4 is 57.3 Å². The van der Waals surface area contributed by atoms with E-state index in [2.05, 4.69) is 13.2 Å². The van der Waals surface area contributed by atoms with Crippen LogP contribution >= 0.6 is 0 Å². The quantitative estimate of drug-likeness (QED) is 0.0243. The van der Waals surface area contributed by atoms with Gasteiger partial charge in [-0.15, -0.1) is 13.2 Å². The summed E-state index contributed by atoms with van der Waals surface area (Å²) < 4.78 is 0. The number of nitrogens with two attached hydrogens (primary N) is 10. The number of unbranched alkanes of at least 4 members (excludes halogenated alkanes) is 25. The third kappa shape index (κ3) is 106. The van der Waals surface area contributed by atoms with Gasteiger partial charge in [0.1, 0.15) is 0 Å². The second-order valence-corrected chi connectivity index (χ2v) is 17.8. The van der Waals surface area contributed by atoms with Gasteiger partial charge >= 0.3 is 0 Å². The highest BCUT2D eigenvalue weighted by Crippen LogP contribution is 2.11. The molecule has 0 radical (unpaired) electrons. The fourth-order valence-corrected chi connectivity index (χ4v) is 6.53. The Hall–Kier alpha value is -5.56. The zero-order valence-corrected chi connectivity index (χ0v) is 44.6. The minimum Gasteiger partial charge on any atom is -0.370 e. The van der Waals surface area contributed by atoms with Gasteiger partial charge in [-0.25, -0.2) is 0 Å². The first kappa shape index (κ1) is 77.9. The van der Waals surface area contributed by atoms with Gasteiger partial charge in [-0.3, -0.25) is 47.9 Å². The smallest absolute Gasteiger partial charge is 0.217 e. The van der Waals surface area contributed by atoms with E-state index in [1.54, 1.807) is 0 Å². The molecular weight excluding hydrogens is 925 g/mol. The average molecular weight is 1030 g/mol. The molecule has 0 rings (SSSR count). The fourth-order valence-electron chi connectivity index (χ4n) is 6.53. The minimum atomic E-state index is -0.223. The van der Waals surface area contributed by atoms with Crippen molar-refractivity contribution in [2.24, 2.45) is 57.3 Å². The average Bonchev–Trinajstić information content (AvgIpc) is 3.29. The van der Waals surface area contributed by atoms with Gasteiger partial charge in [0.15, 0.2) is 0 Å². The van der Waals surface area contributed by atoms with Crippen LogP contribution in [0.25, 0.3) is 0 Å². The largest absolute Gasteiger partial charge is 0.370 e. The molecule has 10 amide bonds. The Morgan fingerprint density at radius 1 is 0.153 bits per heavy atom. The van der Waals surface area contributed by atoms with Crippen molar-refractivity contribution < 1.29 is 47.9 Å². The maximum atomic E-state index is 10.4. The Morgan fingerprint density at radius 3 is 0.264 bits per heavy atom. The number of amides is 10. The topological polar surface area (TPSA) is 431 Å². The molecule has 0 unspecified atom stereocenters. The van der Waals surface area contributed by atoms with E-state index in [9.17, 15) is 47.9 Å². The summed E-state index contributed by atoms with van der Waals surface area (Å²) in [6.45, 7) is 6.00. The number of carbonyl (C=O) groups excluding carboxylic acids is 10. The van der Waals surface area contributed by atoms with Gasteiger partial charge in [0, 0.05) is 64.2 Å². The minimum absolute atomic E-state index is 0.223. The van der Waals surface area contributed by atoms with Crippen molar-refractivity contribution in [3.8, 4) is 0 Å². The molecule has 20 nitrogen and oxygen atoms in total. The molecule has 0 fully saturated rings. The highest BCUT2D eigenvalue weighted by molar-refractivity contribution is 5.76. The number of carbonyl (C=O) groups is 10. The summed E-state index contributed by atoms with van der Waals surface area (Å²) in [5.41, 5.74) is 50.0. The Balaban J connectivity index is -0.000000187. The summed E-state index contributed by atoms with van der Waals surface area (Å²) in [6, 6.07) is 0. The van der Waals surface area contributed by atoms with Gasteiger partial charge in [-0.2, -0.15) is 0 Å². The lowest BCUT2D eigenvalue weighted by atomic mass is 10.1. The first-order valence-electron chi connectivity index (χ1n) is 26.5. The summed E-state index contributed by atoms with van der Waals surface area (Å²) in [5, 5.41) is 0. The highest BCUT2D eigenvalue weighted by Gasteiger charge is 2.01. The predicted molar refractivity (Wildman–Crippen MR) is 288 cm³/mol. The van der Waals surface area contributed by atoms with E-state index < -0.39 is 0 Å². The Morgan fingerprint density at radius 2 is 0.208 bits per heavy atom. The van der Waals surface area contributed by atoms with Gasteiger partial charge in [0.05, 0.1) is 0 Å². The molecular formula is C52H104N10O10. The highest BCUT2D eigenvalue weighted by atomic mass is 16.2. The van der Waals surface area contributed by atoms with Crippen LogP contribution in [-0.4, -0.2) is 59.1 Å². The molecule has 0 aromatic heterocycles. The second-order valence-electron chi connectivity index (χ2n) is 17.8. The van der Waals surface area contributed by atoms with E-state index in [1.807, 2.05) is 0 Å². The molecule has 0 saturated carbocycles. The molecule has 0 aromatic rings. The zero-order chi connectivity index (χ0) is 56.1. The number of rotatable bonds is 45. The maximum Gasteiger partial charge on any atom is 0.217 e. The van der Waals surface area contributed by atoms with Gasteiger partial charge < -0.3 is 57.3 Å². The lowest BCUT2D eigenvalue weighted by molar-refractivity contribution is -0.119. The van der Waals surface area contributed by atoms with E-state index in [1.165, 1.54) is 0 Å². The number of primary amides is 10. The summed E-state index contributed by atoms with van der Waals surface area (Å²) in [6.07, 6.45) is 35.1. The van der Waals surface area contributed by atoms with Crippen LogP contribution in [0.5, 0.6) is 0 Å². The van der Waals surface area contributed by atoms with E-state index in [-0.39, 0.29) is 59.1 Å². The monoisotopic (exact) mass is 1030 g/mol. The van der Waals surface area contributed by atoms with Gasteiger partial charge in [0.2, 0.25) is 59.1 Å². The molecule has 72 heavy (non-hydrogen) atoms. The SMILES string of the molecule is C=C.NC(=O)CCCCCCCCC(N)=O.NC(=O)CCCCCCCCC(N)=O.NC(=O)CCCCCCCCC(N)=O.NC(=O)CCCCCCCCC(N)=O.NC(=O)CCCCCCCCC(N)=O. The summed E-state index contributed by atoms with van der Waals surface area (Å²) in [5.74, 6) is -2.23. The molecule has 0 aliphatic rings. The summed E-state index contributed by atoms with van der Waals surface area (Å²) >= 11 is 0. The molecule has 0 aliphatic carbocycles. The van der Waals surface area contributed by atoms with Crippen LogP contribution in [0.1, 0.15) is 257 Å². The van der Waals surface area contributed by atoms with E-state index in [4.69, 9.17) is 57.3 Å². The maximum absolute atomic E-state index is 10.4. The molecule has 0 heterocycles. The molecule has 20 N–H and O–H groups in total. The van der Waals surface area contributed by atoms with Crippen molar-refractivity contribution in [2.75, 3.05) is 0 Å². The molecule has 0 aliphatic heterocycles. The zero-order valence-electron chi connectivity index (χ0n) is 44.6. The number of hydrogen-bond acceptors (Lipinski definition) is 10. The normalized spacial score (nSPS) is 9.78. The molecule has 20 heteroatoms. The lowest BCUT2D eigenvalue weighted by Crippen LogP contribution is -2.09. The lowest BCUT2D eigenvalue weighted by Gasteiger charge is -1.99. The van der Waals surface area contributed by atoms with Crippen LogP contribution in [0.4, 0.5) is 0 Å². The van der Waals surface area contributed by atoms with Crippen LogP contribution in [0, 0.1) is 0 Å². The van der Waals surface area contributed by atoms with Gasteiger partial charge in [-0.1, -0.05) is 128 Å². The summed E-state index contributed by atoms with van der Waals surface area (Å²) in [7, 11) is 0. The van der Waals surface area contributed by atoms with Crippen molar-refractivity contribution in [1.29, 1.82) is 0 Å². The molecule has 0 aromatic carbocycles. The molecule has 0 bridgehead atoms. The first-order chi connectivity index (χ1) is 34.1. The van der Waals surface area contributed by atoms with Crippen LogP contribution in [-0.2, 0) is 47.9 Å². The molecule has 422 valence electrons. The van der Waals surface area contributed by atoms with Crippen molar-refractivity contribution >= 4 is 59.1 Å². The van der Waals surface area contributed by atoms with Crippen molar-refractivity contribution in [1.82, 2.24) is 0 Å².